The molecular formula is C19H26N2O2S. The van der Waals surface area contributed by atoms with Gasteiger partial charge >= 0.3 is 5.97 Å². The lowest BCUT2D eigenvalue weighted by Gasteiger charge is -2.18. The van der Waals surface area contributed by atoms with Crippen LogP contribution in [0.3, 0.4) is 0 Å². The Morgan fingerprint density at radius 3 is 2.29 bits per heavy atom. The number of nitrogens with two attached hydrogens (primary N) is 1. The lowest BCUT2D eigenvalue weighted by molar-refractivity contribution is 0.0603. The van der Waals surface area contributed by atoms with E-state index >= 15 is 0 Å². The summed E-state index contributed by atoms with van der Waals surface area (Å²) in [5.74, 6) is -0.371. The molecule has 1 aromatic carbocycles. The number of nitrogen functional groups attached to an aromatic ring is 1. The minimum Gasteiger partial charge on any atom is -0.465 e. The summed E-state index contributed by atoms with van der Waals surface area (Å²) in [6.07, 6.45) is 0.988. The van der Waals surface area contributed by atoms with E-state index in [1.165, 1.54) is 24.0 Å². The van der Waals surface area contributed by atoms with Gasteiger partial charge in [-0.25, -0.2) is 4.79 Å². The average Bonchev–Trinajstić information content (AvgIpc) is 2.94. The Hall–Kier alpha value is -1.85. The summed E-state index contributed by atoms with van der Waals surface area (Å²) in [6, 6.07) is 8.34. The zero-order valence-corrected chi connectivity index (χ0v) is 15.7. The maximum absolute atomic E-state index is 12.3. The van der Waals surface area contributed by atoms with Gasteiger partial charge in [0.1, 0.15) is 10.6 Å². The van der Waals surface area contributed by atoms with Gasteiger partial charge in [0.2, 0.25) is 0 Å². The van der Waals surface area contributed by atoms with Crippen LogP contribution in [0.4, 0.5) is 5.00 Å². The number of carbonyl (C=O) groups is 1. The summed E-state index contributed by atoms with van der Waals surface area (Å²) in [4.78, 5) is 15.7. The molecule has 1 aromatic heterocycles. The van der Waals surface area contributed by atoms with Crippen molar-refractivity contribution in [3.63, 3.8) is 0 Å². The van der Waals surface area contributed by atoms with Gasteiger partial charge in [-0.2, -0.15) is 0 Å². The lowest BCUT2D eigenvalue weighted by atomic mass is 9.99. The predicted octanol–water partition coefficient (Wildman–Crippen LogP) is 4.19. The number of hydrogen-bond donors (Lipinski definition) is 1. The van der Waals surface area contributed by atoms with Crippen molar-refractivity contribution in [1.29, 1.82) is 0 Å². The highest BCUT2D eigenvalue weighted by molar-refractivity contribution is 7.17. The zero-order chi connectivity index (χ0) is 17.7. The molecule has 2 aromatic rings. The molecule has 4 nitrogen and oxygen atoms in total. The molecular weight excluding hydrogens is 320 g/mol. The third-order valence-electron chi connectivity index (χ3n) is 4.31. The number of benzene rings is 1. The van der Waals surface area contributed by atoms with Gasteiger partial charge in [0.25, 0.3) is 0 Å². The molecule has 0 spiro atoms. The molecule has 0 aliphatic rings. The van der Waals surface area contributed by atoms with E-state index < -0.39 is 0 Å². The van der Waals surface area contributed by atoms with Crippen LogP contribution in [0.1, 0.15) is 41.6 Å². The number of methoxy groups -OCH3 is 1. The summed E-state index contributed by atoms with van der Waals surface area (Å²) >= 11 is 1.48. The van der Waals surface area contributed by atoms with Crippen molar-refractivity contribution in [3.05, 3.63) is 40.3 Å². The Balaban J connectivity index is 2.56. The van der Waals surface area contributed by atoms with Gasteiger partial charge in [-0.05, 0) is 30.6 Å². The first-order valence-electron chi connectivity index (χ1n) is 8.36. The van der Waals surface area contributed by atoms with E-state index in [-0.39, 0.29) is 5.97 Å². The fourth-order valence-corrected chi connectivity index (χ4v) is 3.90. The van der Waals surface area contributed by atoms with Crippen molar-refractivity contribution in [1.82, 2.24) is 4.90 Å². The topological polar surface area (TPSA) is 55.6 Å². The molecule has 0 radical (unpaired) electrons. The Labute approximate surface area is 148 Å². The summed E-state index contributed by atoms with van der Waals surface area (Å²) in [7, 11) is 1.40. The summed E-state index contributed by atoms with van der Waals surface area (Å²) in [6.45, 7) is 9.09. The highest BCUT2D eigenvalue weighted by Gasteiger charge is 2.24. The number of nitrogens with zero attached hydrogens (tertiary/aromatic N) is 1. The minimum absolute atomic E-state index is 0.371. The van der Waals surface area contributed by atoms with E-state index in [0.29, 0.717) is 10.6 Å². The molecule has 1 heterocycles. The van der Waals surface area contributed by atoms with E-state index in [1.807, 2.05) is 0 Å². The molecule has 0 aliphatic heterocycles. The number of esters is 1. The van der Waals surface area contributed by atoms with Crippen molar-refractivity contribution in [2.24, 2.45) is 0 Å². The number of thiophene rings is 1. The van der Waals surface area contributed by atoms with Crippen LogP contribution < -0.4 is 5.73 Å². The van der Waals surface area contributed by atoms with Crippen LogP contribution in [0, 0.1) is 0 Å². The molecule has 0 aliphatic carbocycles. The first-order chi connectivity index (χ1) is 11.5. The first-order valence-corrected chi connectivity index (χ1v) is 9.18. The second kappa shape index (κ2) is 8.31. The number of aryl methyl sites for hydroxylation is 1. The molecule has 0 unspecified atom stereocenters. The van der Waals surface area contributed by atoms with Gasteiger partial charge in [0, 0.05) is 17.0 Å². The molecule has 0 amide bonds. The van der Waals surface area contributed by atoms with E-state index in [9.17, 15) is 4.79 Å². The highest BCUT2D eigenvalue weighted by Crippen LogP contribution is 2.40. The van der Waals surface area contributed by atoms with Crippen LogP contribution in [0.15, 0.2) is 24.3 Å². The number of ether oxygens (including phenoxy) is 1. The monoisotopic (exact) mass is 346 g/mol. The number of hydrogen-bond acceptors (Lipinski definition) is 5. The Bertz CT molecular complexity index is 688. The van der Waals surface area contributed by atoms with Crippen LogP contribution in [0.2, 0.25) is 0 Å². The largest absolute Gasteiger partial charge is 0.465 e. The van der Waals surface area contributed by atoms with Crippen LogP contribution in [0.25, 0.3) is 11.1 Å². The van der Waals surface area contributed by atoms with E-state index in [2.05, 4.69) is 49.9 Å². The second-order valence-corrected chi connectivity index (χ2v) is 6.78. The van der Waals surface area contributed by atoms with Gasteiger partial charge < -0.3 is 10.5 Å². The van der Waals surface area contributed by atoms with E-state index in [0.717, 1.165) is 42.1 Å². The SMILES string of the molecule is CCc1ccc(-c2c(CN(CC)CC)sc(N)c2C(=O)OC)cc1. The standard InChI is InChI=1S/C19H26N2O2S/c1-5-13-8-10-14(11-9-13)16-15(12-21(6-2)7-3)24-18(20)17(16)19(22)23-4/h8-11H,5-7,12,20H2,1-4H3. The smallest absolute Gasteiger partial charge is 0.341 e. The first kappa shape index (κ1) is 18.5. The van der Waals surface area contributed by atoms with Crippen molar-refractivity contribution < 1.29 is 9.53 Å². The fraction of sp³-hybridized carbons (Fsp3) is 0.421. The molecule has 0 atom stereocenters. The van der Waals surface area contributed by atoms with E-state index in [4.69, 9.17) is 10.5 Å². The van der Waals surface area contributed by atoms with E-state index in [1.54, 1.807) is 0 Å². The number of carbonyl (C=O) groups excluding carboxylic acids is 1. The Kier molecular flexibility index (Phi) is 6.40. The van der Waals surface area contributed by atoms with Gasteiger partial charge in [0.05, 0.1) is 7.11 Å². The van der Waals surface area contributed by atoms with Gasteiger partial charge in [-0.3, -0.25) is 4.90 Å². The minimum atomic E-state index is -0.371. The predicted molar refractivity (Wildman–Crippen MR) is 102 cm³/mol. The maximum atomic E-state index is 12.3. The molecule has 2 N–H and O–H groups in total. The summed E-state index contributed by atoms with van der Waals surface area (Å²) < 4.78 is 4.97. The van der Waals surface area contributed by atoms with Crippen LogP contribution in [-0.2, 0) is 17.7 Å². The summed E-state index contributed by atoms with van der Waals surface area (Å²) in [5.41, 5.74) is 9.87. The number of anilines is 1. The molecule has 0 saturated heterocycles. The quantitative estimate of drug-likeness (QED) is 0.764. The lowest BCUT2D eigenvalue weighted by Crippen LogP contribution is -2.22. The fourth-order valence-electron chi connectivity index (χ4n) is 2.78. The molecule has 0 fully saturated rings. The molecule has 130 valence electrons. The van der Waals surface area contributed by atoms with Crippen molar-refractivity contribution in [2.75, 3.05) is 25.9 Å². The van der Waals surface area contributed by atoms with Gasteiger partial charge in [0.15, 0.2) is 0 Å². The van der Waals surface area contributed by atoms with Crippen molar-refractivity contribution in [3.8, 4) is 11.1 Å². The summed E-state index contributed by atoms with van der Waals surface area (Å²) in [5, 5.41) is 0.526. The Morgan fingerprint density at radius 2 is 1.79 bits per heavy atom. The molecule has 24 heavy (non-hydrogen) atoms. The van der Waals surface area contributed by atoms with Crippen LogP contribution >= 0.6 is 11.3 Å². The van der Waals surface area contributed by atoms with Crippen LogP contribution in [-0.4, -0.2) is 31.1 Å². The highest BCUT2D eigenvalue weighted by atomic mass is 32.1. The maximum Gasteiger partial charge on any atom is 0.341 e. The third kappa shape index (κ3) is 3.79. The van der Waals surface area contributed by atoms with Gasteiger partial charge in [-0.15, -0.1) is 11.3 Å². The molecule has 5 heteroatoms. The zero-order valence-electron chi connectivity index (χ0n) is 14.9. The normalized spacial score (nSPS) is 11.0. The van der Waals surface area contributed by atoms with Gasteiger partial charge in [-0.1, -0.05) is 45.0 Å². The molecule has 0 saturated carbocycles. The van der Waals surface area contributed by atoms with Crippen LogP contribution in [0.5, 0.6) is 0 Å². The molecule has 0 bridgehead atoms. The molecule has 2 rings (SSSR count). The van der Waals surface area contributed by atoms with Crippen molar-refractivity contribution in [2.45, 2.75) is 33.7 Å². The second-order valence-electron chi connectivity index (χ2n) is 5.64. The Morgan fingerprint density at radius 1 is 1.17 bits per heavy atom. The number of rotatable bonds is 7. The van der Waals surface area contributed by atoms with Crippen molar-refractivity contribution >= 4 is 22.3 Å². The average molecular weight is 346 g/mol. The third-order valence-corrected chi connectivity index (χ3v) is 5.31.